The number of unbranched alkanes of at least 4 members (excludes halogenated alkanes) is 1. The summed E-state index contributed by atoms with van der Waals surface area (Å²) in [6.45, 7) is 9.18. The third-order valence-electron chi connectivity index (χ3n) is 3.58. The van der Waals surface area contributed by atoms with Crippen molar-refractivity contribution in [3.8, 4) is 5.75 Å². The summed E-state index contributed by atoms with van der Waals surface area (Å²) in [5.74, 6) is 0.823. The number of para-hydroxylation sites is 1. The van der Waals surface area contributed by atoms with Gasteiger partial charge in [0.1, 0.15) is 5.75 Å². The van der Waals surface area contributed by atoms with Crippen LogP contribution in [0.5, 0.6) is 5.75 Å². The van der Waals surface area contributed by atoms with Gasteiger partial charge in [0, 0.05) is 12.1 Å². The number of hydrogen-bond acceptors (Lipinski definition) is 4. The largest absolute Gasteiger partial charge is 0.493 e. The summed E-state index contributed by atoms with van der Waals surface area (Å²) in [7, 11) is 0. The minimum atomic E-state index is -0.233. The van der Waals surface area contributed by atoms with Gasteiger partial charge in [0.25, 0.3) is 0 Å². The van der Waals surface area contributed by atoms with Gasteiger partial charge in [-0.3, -0.25) is 9.59 Å². The number of esters is 1. The lowest BCUT2D eigenvalue weighted by molar-refractivity contribution is -0.143. The summed E-state index contributed by atoms with van der Waals surface area (Å²) in [6.07, 6.45) is 3.96. The van der Waals surface area contributed by atoms with E-state index in [1.54, 1.807) is 0 Å². The van der Waals surface area contributed by atoms with Crippen LogP contribution in [0.2, 0.25) is 0 Å². The van der Waals surface area contributed by atoms with E-state index in [-0.39, 0.29) is 18.3 Å². The van der Waals surface area contributed by atoms with Crippen molar-refractivity contribution in [2.24, 2.45) is 5.92 Å². The van der Waals surface area contributed by atoms with E-state index in [4.69, 9.17) is 9.47 Å². The Balaban J connectivity index is 2.34. The van der Waals surface area contributed by atoms with Gasteiger partial charge in [-0.1, -0.05) is 38.6 Å². The van der Waals surface area contributed by atoms with E-state index >= 15 is 0 Å². The highest BCUT2D eigenvalue weighted by Gasteiger charge is 2.10. The molecule has 1 aromatic carbocycles. The van der Waals surface area contributed by atoms with Crippen LogP contribution in [-0.4, -0.2) is 31.6 Å². The Morgan fingerprint density at radius 1 is 1.20 bits per heavy atom. The van der Waals surface area contributed by atoms with Gasteiger partial charge in [0.15, 0.2) is 0 Å². The van der Waals surface area contributed by atoms with Gasteiger partial charge < -0.3 is 14.8 Å². The standard InChI is InChI=1S/C20H29NO4/c1-4-19(22)21-12-7-8-13-24-18-10-6-5-9-17(18)15-20(23)25-14-11-16(2)3/h4-6,9-10,16H,1,7-8,11-15H2,2-3H3,(H,21,22). The Morgan fingerprint density at radius 3 is 2.68 bits per heavy atom. The number of rotatable bonds is 12. The highest BCUT2D eigenvalue weighted by molar-refractivity contribution is 5.86. The van der Waals surface area contributed by atoms with Gasteiger partial charge >= 0.3 is 5.97 Å². The molecule has 1 rings (SSSR count). The van der Waals surface area contributed by atoms with Crippen LogP contribution in [0.1, 0.15) is 38.7 Å². The second-order valence-corrected chi connectivity index (χ2v) is 6.24. The van der Waals surface area contributed by atoms with Crippen molar-refractivity contribution in [3.05, 3.63) is 42.5 Å². The molecule has 0 aliphatic carbocycles. The maximum atomic E-state index is 11.9. The average Bonchev–Trinajstić information content (AvgIpc) is 2.58. The molecular formula is C20H29NO4. The van der Waals surface area contributed by atoms with Crippen LogP contribution in [0, 0.1) is 5.92 Å². The molecule has 0 aliphatic heterocycles. The lowest BCUT2D eigenvalue weighted by Gasteiger charge is -2.12. The van der Waals surface area contributed by atoms with Gasteiger partial charge in [-0.2, -0.15) is 0 Å². The molecule has 0 spiro atoms. The predicted molar refractivity (Wildman–Crippen MR) is 98.5 cm³/mol. The van der Waals surface area contributed by atoms with Crippen molar-refractivity contribution in [2.45, 2.75) is 39.5 Å². The average molecular weight is 347 g/mol. The maximum absolute atomic E-state index is 11.9. The van der Waals surface area contributed by atoms with E-state index < -0.39 is 0 Å². The van der Waals surface area contributed by atoms with E-state index in [1.807, 2.05) is 24.3 Å². The maximum Gasteiger partial charge on any atom is 0.310 e. The van der Waals surface area contributed by atoms with E-state index in [2.05, 4.69) is 25.7 Å². The van der Waals surface area contributed by atoms with Crippen molar-refractivity contribution < 1.29 is 19.1 Å². The molecule has 138 valence electrons. The van der Waals surface area contributed by atoms with Crippen LogP contribution < -0.4 is 10.1 Å². The van der Waals surface area contributed by atoms with Crippen LogP contribution in [0.15, 0.2) is 36.9 Å². The molecule has 0 saturated carbocycles. The minimum Gasteiger partial charge on any atom is -0.493 e. The molecule has 0 saturated heterocycles. The summed E-state index contributed by atoms with van der Waals surface area (Å²) in [4.78, 5) is 22.9. The number of carbonyl (C=O) groups excluding carboxylic acids is 2. The SMILES string of the molecule is C=CC(=O)NCCCCOc1ccccc1CC(=O)OCCC(C)C. The fourth-order valence-electron chi connectivity index (χ4n) is 2.10. The molecule has 1 aromatic rings. The van der Waals surface area contributed by atoms with Gasteiger partial charge in [-0.05, 0) is 37.3 Å². The zero-order chi connectivity index (χ0) is 18.5. The summed E-state index contributed by atoms with van der Waals surface area (Å²) >= 11 is 0. The first-order chi connectivity index (χ1) is 12.0. The first kappa shape index (κ1) is 20.7. The number of benzene rings is 1. The molecule has 1 N–H and O–H groups in total. The first-order valence-electron chi connectivity index (χ1n) is 8.79. The van der Waals surface area contributed by atoms with Crippen LogP contribution >= 0.6 is 0 Å². The Labute approximate surface area is 150 Å². The van der Waals surface area contributed by atoms with E-state index in [9.17, 15) is 9.59 Å². The predicted octanol–water partition coefficient (Wildman–Crippen LogP) is 3.28. The van der Waals surface area contributed by atoms with Gasteiger partial charge in [-0.25, -0.2) is 0 Å². The van der Waals surface area contributed by atoms with Crippen molar-refractivity contribution >= 4 is 11.9 Å². The molecule has 0 radical (unpaired) electrons. The third-order valence-corrected chi connectivity index (χ3v) is 3.58. The van der Waals surface area contributed by atoms with Crippen molar-refractivity contribution in [1.82, 2.24) is 5.32 Å². The molecule has 0 aliphatic rings. The minimum absolute atomic E-state index is 0.165. The van der Waals surface area contributed by atoms with Crippen molar-refractivity contribution in [2.75, 3.05) is 19.8 Å². The summed E-state index contributed by atoms with van der Waals surface area (Å²) in [6, 6.07) is 7.50. The Morgan fingerprint density at radius 2 is 1.96 bits per heavy atom. The summed E-state index contributed by atoms with van der Waals surface area (Å²) in [5, 5.41) is 2.72. The topological polar surface area (TPSA) is 64.6 Å². The second kappa shape index (κ2) is 12.1. The Bertz CT molecular complexity index is 554. The van der Waals surface area contributed by atoms with E-state index in [1.165, 1.54) is 6.08 Å². The fourth-order valence-corrected chi connectivity index (χ4v) is 2.10. The molecule has 0 aromatic heterocycles. The molecule has 5 nitrogen and oxygen atoms in total. The molecule has 1 amide bonds. The highest BCUT2D eigenvalue weighted by Crippen LogP contribution is 2.19. The zero-order valence-electron chi connectivity index (χ0n) is 15.3. The fraction of sp³-hybridized carbons (Fsp3) is 0.500. The van der Waals surface area contributed by atoms with Crippen LogP contribution in [0.3, 0.4) is 0 Å². The molecule has 0 bridgehead atoms. The molecule has 0 fully saturated rings. The van der Waals surface area contributed by atoms with Gasteiger partial charge in [-0.15, -0.1) is 0 Å². The molecule has 25 heavy (non-hydrogen) atoms. The number of ether oxygens (including phenoxy) is 2. The van der Waals surface area contributed by atoms with Crippen LogP contribution in [0.25, 0.3) is 0 Å². The molecule has 0 unspecified atom stereocenters. The summed E-state index contributed by atoms with van der Waals surface area (Å²) in [5.41, 5.74) is 0.831. The highest BCUT2D eigenvalue weighted by atomic mass is 16.5. The number of nitrogens with one attached hydrogen (secondary N) is 1. The van der Waals surface area contributed by atoms with E-state index in [0.29, 0.717) is 31.4 Å². The Kier molecular flexibility index (Phi) is 10.1. The van der Waals surface area contributed by atoms with E-state index in [0.717, 1.165) is 24.8 Å². The first-order valence-corrected chi connectivity index (χ1v) is 8.79. The molecule has 0 heterocycles. The second-order valence-electron chi connectivity index (χ2n) is 6.24. The Hall–Kier alpha value is -2.30. The van der Waals surface area contributed by atoms with Crippen LogP contribution in [0.4, 0.5) is 0 Å². The van der Waals surface area contributed by atoms with Crippen LogP contribution in [-0.2, 0) is 20.7 Å². The number of carbonyl (C=O) groups is 2. The monoisotopic (exact) mass is 347 g/mol. The third kappa shape index (κ3) is 9.55. The van der Waals surface area contributed by atoms with Gasteiger partial charge in [0.2, 0.25) is 5.91 Å². The smallest absolute Gasteiger partial charge is 0.310 e. The van der Waals surface area contributed by atoms with Crippen molar-refractivity contribution in [1.29, 1.82) is 0 Å². The number of amides is 1. The lowest BCUT2D eigenvalue weighted by atomic mass is 10.1. The molecule has 5 heteroatoms. The van der Waals surface area contributed by atoms with Gasteiger partial charge in [0.05, 0.1) is 19.6 Å². The lowest BCUT2D eigenvalue weighted by Crippen LogP contribution is -2.22. The number of hydrogen-bond donors (Lipinski definition) is 1. The quantitative estimate of drug-likeness (QED) is 0.358. The normalized spacial score (nSPS) is 10.4. The molecule has 0 atom stereocenters. The summed E-state index contributed by atoms with van der Waals surface area (Å²) < 4.78 is 11.0. The van der Waals surface area contributed by atoms with Crippen molar-refractivity contribution in [3.63, 3.8) is 0 Å². The zero-order valence-corrected chi connectivity index (χ0v) is 15.3. The molecular weight excluding hydrogens is 318 g/mol.